The number of benzene rings is 3. The summed E-state index contributed by atoms with van der Waals surface area (Å²) in [5.74, 6) is 2.30. The first-order valence-corrected chi connectivity index (χ1v) is 13.6. The predicted molar refractivity (Wildman–Crippen MR) is 157 cm³/mol. The van der Waals surface area contributed by atoms with Gasteiger partial charge in [0.1, 0.15) is 5.82 Å². The molecule has 0 saturated carbocycles. The predicted octanol–water partition coefficient (Wildman–Crippen LogP) is 7.46. The minimum absolute atomic E-state index is 0.337. The van der Waals surface area contributed by atoms with Crippen LogP contribution in [0.15, 0.2) is 78.5 Å². The lowest BCUT2D eigenvalue weighted by atomic mass is 10.0. The Kier molecular flexibility index (Phi) is 8.23. The minimum atomic E-state index is -0.337. The number of allylic oxidation sites excluding steroid dienone is 1. The van der Waals surface area contributed by atoms with E-state index in [0.29, 0.717) is 56.8 Å². The number of hydrogen-bond acceptors (Lipinski definition) is 7. The molecule has 0 atom stereocenters. The van der Waals surface area contributed by atoms with Crippen LogP contribution in [0.25, 0.3) is 33.5 Å². The zero-order valence-electron chi connectivity index (χ0n) is 22.1. The third-order valence-corrected chi connectivity index (χ3v) is 7.69. The van der Waals surface area contributed by atoms with E-state index in [1.807, 2.05) is 47.0 Å². The van der Waals surface area contributed by atoms with Crippen molar-refractivity contribution in [1.82, 2.24) is 19.7 Å². The molecule has 0 fully saturated rings. The van der Waals surface area contributed by atoms with Gasteiger partial charge in [-0.3, -0.25) is 4.57 Å². The number of rotatable bonds is 10. The minimum Gasteiger partial charge on any atom is -0.493 e. The Bertz CT molecular complexity index is 1680. The maximum atomic E-state index is 13.8. The molecule has 0 saturated heterocycles. The smallest absolute Gasteiger partial charge is 0.203 e. The van der Waals surface area contributed by atoms with Crippen LogP contribution in [0.2, 0.25) is 5.02 Å². The van der Waals surface area contributed by atoms with Crippen molar-refractivity contribution >= 4 is 34.3 Å². The third kappa shape index (κ3) is 5.35. The van der Waals surface area contributed by atoms with E-state index in [1.165, 1.54) is 23.9 Å². The van der Waals surface area contributed by atoms with Gasteiger partial charge in [0.15, 0.2) is 22.5 Å². The van der Waals surface area contributed by atoms with Gasteiger partial charge < -0.3 is 14.2 Å². The largest absolute Gasteiger partial charge is 0.493 e. The van der Waals surface area contributed by atoms with Crippen LogP contribution < -0.4 is 14.2 Å². The first kappa shape index (κ1) is 27.5. The number of fused-ring (bicyclic) bond motifs is 1. The number of hydrogen-bond donors (Lipinski definition) is 0. The molecule has 3 aromatic carbocycles. The SMILES string of the molecule is C=CCn1c(SCc2cc(F)ccc2Cl)nnc1-c1cc(-c2cc(OC)c(OC)c(OC)c2)nc2ccccc12. The number of aromatic nitrogens is 4. The molecular weight excluding hydrogens is 551 g/mol. The van der Waals surface area contributed by atoms with E-state index in [9.17, 15) is 4.39 Å². The quantitative estimate of drug-likeness (QED) is 0.126. The van der Waals surface area contributed by atoms with Crippen LogP contribution in [0, 0.1) is 5.82 Å². The Labute approximate surface area is 240 Å². The van der Waals surface area contributed by atoms with Gasteiger partial charge in [-0.15, -0.1) is 16.8 Å². The van der Waals surface area contributed by atoms with Gasteiger partial charge in [-0.2, -0.15) is 0 Å². The molecule has 0 amide bonds. The van der Waals surface area contributed by atoms with Crippen molar-refractivity contribution in [3.05, 3.63) is 89.7 Å². The van der Waals surface area contributed by atoms with Gasteiger partial charge in [0.25, 0.3) is 0 Å². The summed E-state index contributed by atoms with van der Waals surface area (Å²) >= 11 is 7.72. The maximum Gasteiger partial charge on any atom is 0.203 e. The zero-order chi connectivity index (χ0) is 28.2. The van der Waals surface area contributed by atoms with Crippen LogP contribution in [0.5, 0.6) is 17.2 Å². The molecule has 10 heteroatoms. The number of ether oxygens (including phenoxy) is 3. The summed E-state index contributed by atoms with van der Waals surface area (Å²) in [5, 5.41) is 11.1. The molecular formula is C30H26ClFN4O3S. The van der Waals surface area contributed by atoms with Crippen molar-refractivity contribution in [3.8, 4) is 39.9 Å². The monoisotopic (exact) mass is 576 g/mol. The Morgan fingerprint density at radius 2 is 1.73 bits per heavy atom. The van der Waals surface area contributed by atoms with E-state index in [1.54, 1.807) is 33.5 Å². The Morgan fingerprint density at radius 1 is 0.975 bits per heavy atom. The summed E-state index contributed by atoms with van der Waals surface area (Å²) in [7, 11) is 4.72. The number of pyridine rings is 1. The van der Waals surface area contributed by atoms with Crippen molar-refractivity contribution in [2.75, 3.05) is 21.3 Å². The molecule has 7 nitrogen and oxygen atoms in total. The topological polar surface area (TPSA) is 71.3 Å². The second-order valence-corrected chi connectivity index (χ2v) is 10.1. The van der Waals surface area contributed by atoms with E-state index in [2.05, 4.69) is 16.8 Å². The van der Waals surface area contributed by atoms with Crippen LogP contribution in [0.3, 0.4) is 0 Å². The molecule has 0 radical (unpaired) electrons. The zero-order valence-corrected chi connectivity index (χ0v) is 23.7. The first-order valence-electron chi connectivity index (χ1n) is 12.3. The summed E-state index contributed by atoms with van der Waals surface area (Å²) in [6.45, 7) is 4.40. The summed E-state index contributed by atoms with van der Waals surface area (Å²) in [6.07, 6.45) is 1.79. The van der Waals surface area contributed by atoms with Crippen molar-refractivity contribution in [2.45, 2.75) is 17.5 Å². The van der Waals surface area contributed by atoms with E-state index >= 15 is 0 Å². The molecule has 0 aliphatic rings. The Balaban J connectivity index is 1.63. The molecule has 5 aromatic rings. The van der Waals surface area contributed by atoms with Crippen LogP contribution in [0.4, 0.5) is 4.39 Å². The number of methoxy groups -OCH3 is 3. The fraction of sp³-hybridized carbons (Fsp3) is 0.167. The first-order chi connectivity index (χ1) is 19.5. The summed E-state index contributed by atoms with van der Waals surface area (Å²) in [6, 6.07) is 17.9. The van der Waals surface area contributed by atoms with Crippen LogP contribution in [-0.4, -0.2) is 41.1 Å². The van der Waals surface area contributed by atoms with Gasteiger partial charge >= 0.3 is 0 Å². The number of nitrogens with zero attached hydrogens (tertiary/aromatic N) is 4. The van der Waals surface area contributed by atoms with E-state index in [4.69, 9.17) is 30.8 Å². The van der Waals surface area contributed by atoms with Gasteiger partial charge in [0, 0.05) is 33.8 Å². The lowest BCUT2D eigenvalue weighted by Gasteiger charge is -2.15. The van der Waals surface area contributed by atoms with Crippen molar-refractivity contribution in [3.63, 3.8) is 0 Å². The molecule has 204 valence electrons. The van der Waals surface area contributed by atoms with Crippen LogP contribution >= 0.6 is 23.4 Å². The third-order valence-electron chi connectivity index (χ3n) is 6.31. The molecule has 0 N–H and O–H groups in total. The fourth-order valence-electron chi connectivity index (χ4n) is 4.42. The molecule has 2 aromatic heterocycles. The summed E-state index contributed by atoms with van der Waals surface area (Å²) in [4.78, 5) is 4.93. The number of para-hydroxylation sites is 1. The molecule has 5 rings (SSSR count). The lowest BCUT2D eigenvalue weighted by molar-refractivity contribution is 0.324. The van der Waals surface area contributed by atoms with Crippen molar-refractivity contribution in [2.24, 2.45) is 0 Å². The molecule has 0 aliphatic heterocycles. The highest BCUT2D eigenvalue weighted by Crippen LogP contribution is 2.42. The standard InChI is InChI=1S/C30H26ClFN4O3S/c1-5-12-36-29(34-35-30(36)40-17-19-13-20(32)10-11-23(19)31)22-16-25(33-24-9-7-6-8-21(22)24)18-14-26(37-2)28(39-4)27(15-18)38-3/h5-11,13-16H,1,12,17H2,2-4H3. The van der Waals surface area contributed by atoms with Gasteiger partial charge in [-0.05, 0) is 48.0 Å². The summed E-state index contributed by atoms with van der Waals surface area (Å²) in [5.41, 5.74) is 3.80. The molecule has 2 heterocycles. The number of halogens is 2. The average Bonchev–Trinajstić information content (AvgIpc) is 3.38. The molecule has 0 unspecified atom stereocenters. The van der Waals surface area contributed by atoms with Crippen molar-refractivity contribution < 1.29 is 18.6 Å². The van der Waals surface area contributed by atoms with Gasteiger partial charge in [0.05, 0.1) is 32.5 Å². The average molecular weight is 577 g/mol. The molecule has 0 bridgehead atoms. The second-order valence-electron chi connectivity index (χ2n) is 8.72. The van der Waals surface area contributed by atoms with E-state index in [0.717, 1.165) is 22.0 Å². The van der Waals surface area contributed by atoms with Crippen molar-refractivity contribution in [1.29, 1.82) is 0 Å². The molecule has 0 spiro atoms. The highest BCUT2D eigenvalue weighted by molar-refractivity contribution is 7.98. The lowest BCUT2D eigenvalue weighted by Crippen LogP contribution is -2.02. The van der Waals surface area contributed by atoms with E-state index < -0.39 is 0 Å². The Morgan fingerprint density at radius 3 is 2.42 bits per heavy atom. The van der Waals surface area contributed by atoms with Gasteiger partial charge in [-0.25, -0.2) is 9.37 Å². The fourth-order valence-corrected chi connectivity index (χ4v) is 5.62. The molecule has 0 aliphatic carbocycles. The second kappa shape index (κ2) is 12.0. The van der Waals surface area contributed by atoms with Gasteiger partial charge in [-0.1, -0.05) is 47.6 Å². The molecule has 40 heavy (non-hydrogen) atoms. The highest BCUT2D eigenvalue weighted by atomic mass is 35.5. The Hall–Kier alpha value is -4.08. The normalized spacial score (nSPS) is 11.0. The van der Waals surface area contributed by atoms with E-state index in [-0.39, 0.29) is 5.82 Å². The van der Waals surface area contributed by atoms with Crippen LogP contribution in [0.1, 0.15) is 5.56 Å². The number of thioether (sulfide) groups is 1. The van der Waals surface area contributed by atoms with Crippen LogP contribution in [-0.2, 0) is 12.3 Å². The van der Waals surface area contributed by atoms with Gasteiger partial charge in [0.2, 0.25) is 5.75 Å². The summed E-state index contributed by atoms with van der Waals surface area (Å²) < 4.78 is 32.4. The highest BCUT2D eigenvalue weighted by Gasteiger charge is 2.20. The maximum absolute atomic E-state index is 13.8.